The molecule has 0 radical (unpaired) electrons. The summed E-state index contributed by atoms with van der Waals surface area (Å²) in [5, 5.41) is 17.7. The number of hydrogen-bond donors (Lipinski definition) is 2. The lowest BCUT2D eigenvalue weighted by Gasteiger charge is -2.16. The molecule has 0 aromatic carbocycles. The second kappa shape index (κ2) is 3.05. The van der Waals surface area contributed by atoms with Gasteiger partial charge in [0.25, 0.3) is 0 Å². The Bertz CT molecular complexity index is 51.5. The predicted molar refractivity (Wildman–Crippen MR) is 32.5 cm³/mol. The first-order valence-electron chi connectivity index (χ1n) is 2.92. The second-order valence-corrected chi connectivity index (χ2v) is 2.48. The van der Waals surface area contributed by atoms with Crippen LogP contribution in [0.15, 0.2) is 0 Å². The van der Waals surface area contributed by atoms with E-state index in [1.165, 1.54) is 0 Å². The van der Waals surface area contributed by atoms with Crippen molar-refractivity contribution < 1.29 is 10.2 Å². The molecule has 2 atom stereocenters. The van der Waals surface area contributed by atoms with Crippen molar-refractivity contribution in [1.82, 2.24) is 0 Å². The van der Waals surface area contributed by atoms with Gasteiger partial charge < -0.3 is 10.2 Å². The molecule has 0 fully saturated rings. The standard InChI is InChI=1S/C6H14O2/c1-4(2)6(8)5(3)7/h4-8H,1-3H3/t5?,6-/m1/s1. The zero-order valence-electron chi connectivity index (χ0n) is 5.63. The molecule has 0 aliphatic heterocycles. The summed E-state index contributed by atoms with van der Waals surface area (Å²) in [6, 6.07) is 0. The van der Waals surface area contributed by atoms with Gasteiger partial charge in [0.2, 0.25) is 0 Å². The van der Waals surface area contributed by atoms with Gasteiger partial charge in [0.1, 0.15) is 0 Å². The molecule has 0 aliphatic carbocycles. The third-order valence-corrected chi connectivity index (χ3v) is 1.18. The van der Waals surface area contributed by atoms with Gasteiger partial charge in [-0.2, -0.15) is 0 Å². The lowest BCUT2D eigenvalue weighted by molar-refractivity contribution is 0.00273. The molecule has 0 bridgehead atoms. The lowest BCUT2D eigenvalue weighted by atomic mass is 10.0. The Morgan fingerprint density at radius 2 is 1.38 bits per heavy atom. The molecular formula is C6H14O2. The highest BCUT2D eigenvalue weighted by Gasteiger charge is 2.13. The van der Waals surface area contributed by atoms with Crippen LogP contribution in [0.3, 0.4) is 0 Å². The molecule has 0 aromatic heterocycles. The molecule has 0 saturated heterocycles. The minimum absolute atomic E-state index is 0.148. The van der Waals surface area contributed by atoms with E-state index in [4.69, 9.17) is 10.2 Å². The smallest absolute Gasteiger partial charge is 0.0819 e. The highest BCUT2D eigenvalue weighted by Crippen LogP contribution is 2.04. The number of aliphatic hydroxyl groups is 2. The van der Waals surface area contributed by atoms with Crippen molar-refractivity contribution in [1.29, 1.82) is 0 Å². The minimum atomic E-state index is -0.602. The van der Waals surface area contributed by atoms with Crippen LogP contribution in [-0.2, 0) is 0 Å². The van der Waals surface area contributed by atoms with Crippen molar-refractivity contribution in [2.24, 2.45) is 5.92 Å². The van der Waals surface area contributed by atoms with E-state index in [1.807, 2.05) is 13.8 Å². The highest BCUT2D eigenvalue weighted by atomic mass is 16.3. The average molecular weight is 118 g/mol. The first-order valence-corrected chi connectivity index (χ1v) is 2.92. The van der Waals surface area contributed by atoms with Gasteiger partial charge in [-0.05, 0) is 12.8 Å². The summed E-state index contributed by atoms with van der Waals surface area (Å²) in [6.07, 6.45) is -1.18. The van der Waals surface area contributed by atoms with Gasteiger partial charge >= 0.3 is 0 Å². The third-order valence-electron chi connectivity index (χ3n) is 1.18. The maximum atomic E-state index is 8.95. The van der Waals surface area contributed by atoms with Crippen LogP contribution in [0.5, 0.6) is 0 Å². The van der Waals surface area contributed by atoms with Crippen molar-refractivity contribution in [3.05, 3.63) is 0 Å². The van der Waals surface area contributed by atoms with Crippen LogP contribution in [0.2, 0.25) is 0 Å². The fourth-order valence-corrected chi connectivity index (χ4v) is 0.557. The third kappa shape index (κ3) is 2.28. The molecule has 0 aliphatic rings. The summed E-state index contributed by atoms with van der Waals surface area (Å²) >= 11 is 0. The van der Waals surface area contributed by atoms with Crippen LogP contribution in [0, 0.1) is 5.92 Å². The van der Waals surface area contributed by atoms with E-state index in [0.717, 1.165) is 0 Å². The van der Waals surface area contributed by atoms with Crippen LogP contribution in [0.25, 0.3) is 0 Å². The molecule has 0 spiro atoms. The zero-order valence-corrected chi connectivity index (χ0v) is 5.63. The first-order chi connectivity index (χ1) is 3.55. The normalized spacial score (nSPS) is 18.8. The van der Waals surface area contributed by atoms with Crippen LogP contribution in [0.4, 0.5) is 0 Å². The Morgan fingerprint density at radius 3 is 1.38 bits per heavy atom. The van der Waals surface area contributed by atoms with Crippen LogP contribution < -0.4 is 0 Å². The monoisotopic (exact) mass is 118 g/mol. The molecule has 8 heavy (non-hydrogen) atoms. The molecule has 2 heteroatoms. The van der Waals surface area contributed by atoms with E-state index in [-0.39, 0.29) is 5.92 Å². The van der Waals surface area contributed by atoms with Gasteiger partial charge in [-0.25, -0.2) is 0 Å². The summed E-state index contributed by atoms with van der Waals surface area (Å²) in [4.78, 5) is 0. The number of hydrogen-bond acceptors (Lipinski definition) is 2. The van der Waals surface area contributed by atoms with E-state index in [2.05, 4.69) is 0 Å². The topological polar surface area (TPSA) is 40.5 Å². The summed E-state index contributed by atoms with van der Waals surface area (Å²) in [6.45, 7) is 5.33. The molecule has 2 nitrogen and oxygen atoms in total. The first kappa shape index (κ1) is 7.92. The Kier molecular flexibility index (Phi) is 3.02. The van der Waals surface area contributed by atoms with Crippen molar-refractivity contribution >= 4 is 0 Å². The molecule has 50 valence electrons. The average Bonchev–Trinajstić information content (AvgIpc) is 1.64. The fourth-order valence-electron chi connectivity index (χ4n) is 0.557. The Balaban J connectivity index is 3.46. The maximum Gasteiger partial charge on any atom is 0.0819 e. The van der Waals surface area contributed by atoms with Gasteiger partial charge in [-0.3, -0.25) is 0 Å². The van der Waals surface area contributed by atoms with Crippen LogP contribution in [-0.4, -0.2) is 22.4 Å². The summed E-state index contributed by atoms with van der Waals surface area (Å²) in [5.74, 6) is 0.148. The molecular weight excluding hydrogens is 104 g/mol. The van der Waals surface area contributed by atoms with Gasteiger partial charge in [-0.1, -0.05) is 13.8 Å². The second-order valence-electron chi connectivity index (χ2n) is 2.48. The number of aliphatic hydroxyl groups excluding tert-OH is 2. The summed E-state index contributed by atoms with van der Waals surface area (Å²) in [7, 11) is 0. The van der Waals surface area contributed by atoms with Gasteiger partial charge in [0, 0.05) is 0 Å². The van der Waals surface area contributed by atoms with Crippen LogP contribution >= 0.6 is 0 Å². The molecule has 0 amide bonds. The molecule has 2 N–H and O–H groups in total. The minimum Gasteiger partial charge on any atom is -0.391 e. The Morgan fingerprint density at radius 1 is 1.00 bits per heavy atom. The quantitative estimate of drug-likeness (QED) is 0.550. The SMILES string of the molecule is CC(C)[C@@H](O)C(C)O. The van der Waals surface area contributed by atoms with Crippen molar-refractivity contribution in [3.63, 3.8) is 0 Å². The van der Waals surface area contributed by atoms with Crippen LogP contribution in [0.1, 0.15) is 20.8 Å². The molecule has 0 saturated carbocycles. The lowest BCUT2D eigenvalue weighted by Crippen LogP contribution is -2.27. The Labute approximate surface area is 50.2 Å². The van der Waals surface area contributed by atoms with E-state index in [1.54, 1.807) is 6.92 Å². The molecule has 1 unspecified atom stereocenters. The molecule has 0 heterocycles. The van der Waals surface area contributed by atoms with Gasteiger partial charge in [-0.15, -0.1) is 0 Å². The van der Waals surface area contributed by atoms with E-state index in [0.29, 0.717) is 0 Å². The van der Waals surface area contributed by atoms with Crippen molar-refractivity contribution in [2.75, 3.05) is 0 Å². The van der Waals surface area contributed by atoms with Gasteiger partial charge in [0.05, 0.1) is 12.2 Å². The largest absolute Gasteiger partial charge is 0.391 e. The maximum absolute atomic E-state index is 8.95. The van der Waals surface area contributed by atoms with Gasteiger partial charge in [0.15, 0.2) is 0 Å². The zero-order chi connectivity index (χ0) is 6.73. The predicted octanol–water partition coefficient (Wildman–Crippen LogP) is 0.384. The van der Waals surface area contributed by atoms with Crippen molar-refractivity contribution in [3.8, 4) is 0 Å². The Hall–Kier alpha value is -0.0800. The summed E-state index contributed by atoms with van der Waals surface area (Å²) < 4.78 is 0. The highest BCUT2D eigenvalue weighted by molar-refractivity contribution is 4.64. The molecule has 0 aromatic rings. The number of rotatable bonds is 2. The van der Waals surface area contributed by atoms with E-state index >= 15 is 0 Å². The van der Waals surface area contributed by atoms with E-state index in [9.17, 15) is 0 Å². The van der Waals surface area contributed by atoms with Crippen molar-refractivity contribution in [2.45, 2.75) is 33.0 Å². The molecule has 0 rings (SSSR count). The summed E-state index contributed by atoms with van der Waals surface area (Å²) in [5.41, 5.74) is 0. The van der Waals surface area contributed by atoms with E-state index < -0.39 is 12.2 Å². The fraction of sp³-hybridized carbons (Fsp3) is 1.00.